The molecule has 1 aromatic carbocycles. The molecule has 0 amide bonds. The third-order valence-corrected chi connectivity index (χ3v) is 3.03. The Hall–Kier alpha value is -2.77. The van der Waals surface area contributed by atoms with Gasteiger partial charge in [-0.25, -0.2) is 8.78 Å². The lowest BCUT2D eigenvalue weighted by Crippen LogP contribution is -2.13. The van der Waals surface area contributed by atoms with E-state index in [4.69, 9.17) is 4.74 Å². The second-order valence-corrected chi connectivity index (χ2v) is 4.92. The molecular formula is C16H16F2N2O4. The van der Waals surface area contributed by atoms with E-state index in [0.29, 0.717) is 5.56 Å². The van der Waals surface area contributed by atoms with Crippen molar-refractivity contribution in [3.63, 3.8) is 0 Å². The van der Waals surface area contributed by atoms with Crippen LogP contribution in [0.4, 0.5) is 8.78 Å². The van der Waals surface area contributed by atoms with Gasteiger partial charge in [0.1, 0.15) is 24.7 Å². The zero-order chi connectivity index (χ0) is 17.5. The Morgan fingerprint density at radius 2 is 1.96 bits per heavy atom. The van der Waals surface area contributed by atoms with Gasteiger partial charge in [0.2, 0.25) is 0 Å². The first-order chi connectivity index (χ1) is 11.5. The van der Waals surface area contributed by atoms with E-state index in [1.807, 2.05) is 0 Å². The largest absolute Gasteiger partial charge is 0.466 e. The molecule has 2 rings (SSSR count). The number of esters is 2. The van der Waals surface area contributed by atoms with E-state index >= 15 is 0 Å². The molecule has 0 aliphatic carbocycles. The average Bonchev–Trinajstić information content (AvgIpc) is 2.96. The van der Waals surface area contributed by atoms with E-state index in [9.17, 15) is 18.4 Å². The number of carbonyl (C=O) groups is 2. The third kappa shape index (κ3) is 5.15. The molecule has 0 saturated heterocycles. The number of benzene rings is 1. The number of rotatable bonds is 7. The highest BCUT2D eigenvalue weighted by atomic mass is 19.1. The smallest absolute Gasteiger partial charge is 0.317 e. The van der Waals surface area contributed by atoms with Gasteiger partial charge in [-0.05, 0) is 13.0 Å². The number of aromatic nitrogens is 2. The van der Waals surface area contributed by atoms with Crippen molar-refractivity contribution in [2.45, 2.75) is 26.5 Å². The zero-order valence-electron chi connectivity index (χ0n) is 13.0. The molecule has 0 radical (unpaired) electrons. The topological polar surface area (TPSA) is 70.4 Å². The summed E-state index contributed by atoms with van der Waals surface area (Å²) in [6, 6.07) is 3.31. The van der Waals surface area contributed by atoms with E-state index in [1.165, 1.54) is 23.0 Å². The number of nitrogens with zero attached hydrogens (tertiary/aromatic N) is 2. The number of hydrogen-bond acceptors (Lipinski definition) is 5. The van der Waals surface area contributed by atoms with Crippen molar-refractivity contribution in [2.24, 2.45) is 0 Å². The molecule has 0 unspecified atom stereocenters. The molecule has 0 saturated carbocycles. The predicted molar refractivity (Wildman–Crippen MR) is 78.7 cm³/mol. The predicted octanol–water partition coefficient (Wildman–Crippen LogP) is 2.21. The van der Waals surface area contributed by atoms with Crippen molar-refractivity contribution >= 4 is 11.9 Å². The van der Waals surface area contributed by atoms with Crippen molar-refractivity contribution in [1.29, 1.82) is 0 Å². The first-order valence-electron chi connectivity index (χ1n) is 7.24. The second-order valence-electron chi connectivity index (χ2n) is 4.92. The Morgan fingerprint density at radius 1 is 1.21 bits per heavy atom. The number of hydrogen-bond donors (Lipinski definition) is 0. The first-order valence-corrected chi connectivity index (χ1v) is 7.24. The summed E-state index contributed by atoms with van der Waals surface area (Å²) in [5, 5.41) is 4.02. The van der Waals surface area contributed by atoms with Crippen LogP contribution in [0.25, 0.3) is 0 Å². The number of carbonyl (C=O) groups excluding carboxylic acids is 2. The van der Waals surface area contributed by atoms with Gasteiger partial charge in [0, 0.05) is 23.4 Å². The molecule has 0 aliphatic rings. The summed E-state index contributed by atoms with van der Waals surface area (Å²) in [6.45, 7) is 1.88. The van der Waals surface area contributed by atoms with E-state index in [2.05, 4.69) is 9.84 Å². The Labute approximate surface area is 137 Å². The normalized spacial score (nSPS) is 10.5. The highest BCUT2D eigenvalue weighted by molar-refractivity contribution is 5.91. The van der Waals surface area contributed by atoms with Crippen LogP contribution in [0.2, 0.25) is 0 Å². The standard InChI is InChI=1S/C16H16F2N2O4/c1-2-23-15(21)6-16(22)24-10-11-7-19-20(8-11)9-12-3-4-13(17)5-14(12)18/h3-5,7-8H,2,6,9-10H2,1H3. The Kier molecular flexibility index (Phi) is 6.00. The fraction of sp³-hybridized carbons (Fsp3) is 0.312. The molecule has 0 N–H and O–H groups in total. The van der Waals surface area contributed by atoms with Crippen molar-refractivity contribution < 1.29 is 27.8 Å². The summed E-state index contributed by atoms with van der Waals surface area (Å²) in [6.07, 6.45) is 2.57. The molecule has 0 bridgehead atoms. The minimum atomic E-state index is -0.703. The maximum atomic E-state index is 13.6. The van der Waals surface area contributed by atoms with Crippen LogP contribution in [0, 0.1) is 11.6 Å². The molecule has 0 atom stereocenters. The Bertz CT molecular complexity index is 731. The van der Waals surface area contributed by atoms with Gasteiger partial charge in [-0.1, -0.05) is 6.07 Å². The lowest BCUT2D eigenvalue weighted by molar-refractivity contribution is -0.155. The van der Waals surface area contributed by atoms with Crippen LogP contribution in [-0.4, -0.2) is 28.3 Å². The highest BCUT2D eigenvalue weighted by Crippen LogP contribution is 2.11. The van der Waals surface area contributed by atoms with Crippen molar-refractivity contribution in [1.82, 2.24) is 9.78 Å². The minimum absolute atomic E-state index is 0.0653. The van der Waals surface area contributed by atoms with E-state index < -0.39 is 30.0 Å². The van der Waals surface area contributed by atoms with Crippen molar-refractivity contribution in [2.75, 3.05) is 6.61 Å². The van der Waals surface area contributed by atoms with Gasteiger partial charge in [0.25, 0.3) is 0 Å². The van der Waals surface area contributed by atoms with E-state index in [1.54, 1.807) is 13.1 Å². The maximum absolute atomic E-state index is 13.6. The molecule has 6 nitrogen and oxygen atoms in total. The van der Waals surface area contributed by atoms with Gasteiger partial charge in [-0.3, -0.25) is 14.3 Å². The molecule has 24 heavy (non-hydrogen) atoms. The van der Waals surface area contributed by atoms with Gasteiger partial charge in [0.05, 0.1) is 19.3 Å². The van der Waals surface area contributed by atoms with Crippen LogP contribution in [0.1, 0.15) is 24.5 Å². The molecule has 1 aromatic heterocycles. The minimum Gasteiger partial charge on any atom is -0.466 e. The lowest BCUT2D eigenvalue weighted by Gasteiger charge is -2.04. The van der Waals surface area contributed by atoms with Crippen LogP contribution in [0.3, 0.4) is 0 Å². The van der Waals surface area contributed by atoms with Crippen LogP contribution in [-0.2, 0) is 32.2 Å². The summed E-state index contributed by atoms with van der Waals surface area (Å²) >= 11 is 0. The van der Waals surface area contributed by atoms with Gasteiger partial charge in [0.15, 0.2) is 0 Å². The molecule has 8 heteroatoms. The number of ether oxygens (including phenoxy) is 2. The van der Waals surface area contributed by atoms with Crippen LogP contribution in [0.5, 0.6) is 0 Å². The monoisotopic (exact) mass is 338 g/mol. The lowest BCUT2D eigenvalue weighted by atomic mass is 10.2. The summed E-state index contributed by atoms with van der Waals surface area (Å²) in [5.74, 6) is -2.66. The molecule has 2 aromatic rings. The molecule has 128 valence electrons. The third-order valence-electron chi connectivity index (χ3n) is 3.03. The molecular weight excluding hydrogens is 322 g/mol. The van der Waals surface area contributed by atoms with E-state index in [-0.39, 0.29) is 25.3 Å². The Morgan fingerprint density at radius 3 is 2.67 bits per heavy atom. The molecule has 0 fully saturated rings. The van der Waals surface area contributed by atoms with Crippen LogP contribution >= 0.6 is 0 Å². The zero-order valence-corrected chi connectivity index (χ0v) is 13.0. The summed E-state index contributed by atoms with van der Waals surface area (Å²) in [7, 11) is 0. The van der Waals surface area contributed by atoms with Gasteiger partial charge >= 0.3 is 11.9 Å². The fourth-order valence-electron chi connectivity index (χ4n) is 1.94. The highest BCUT2D eigenvalue weighted by Gasteiger charge is 2.12. The summed E-state index contributed by atoms with van der Waals surface area (Å²) in [4.78, 5) is 22.6. The maximum Gasteiger partial charge on any atom is 0.317 e. The quantitative estimate of drug-likeness (QED) is 0.572. The average molecular weight is 338 g/mol. The second kappa shape index (κ2) is 8.19. The molecule has 0 spiro atoms. The van der Waals surface area contributed by atoms with Gasteiger partial charge < -0.3 is 9.47 Å². The van der Waals surface area contributed by atoms with Crippen LogP contribution in [0.15, 0.2) is 30.6 Å². The fourth-order valence-corrected chi connectivity index (χ4v) is 1.94. The van der Waals surface area contributed by atoms with Gasteiger partial charge in [-0.2, -0.15) is 5.10 Å². The molecule has 1 heterocycles. The van der Waals surface area contributed by atoms with Crippen LogP contribution < -0.4 is 0 Å². The van der Waals surface area contributed by atoms with Crippen molar-refractivity contribution in [3.05, 3.63) is 53.4 Å². The summed E-state index contributed by atoms with van der Waals surface area (Å²) < 4.78 is 37.5. The van der Waals surface area contributed by atoms with Gasteiger partial charge in [-0.15, -0.1) is 0 Å². The van der Waals surface area contributed by atoms with Crippen molar-refractivity contribution in [3.8, 4) is 0 Å². The summed E-state index contributed by atoms with van der Waals surface area (Å²) in [5.41, 5.74) is 0.861. The Balaban J connectivity index is 1.87. The first kappa shape index (κ1) is 17.6. The number of halogens is 2. The SMILES string of the molecule is CCOC(=O)CC(=O)OCc1cnn(Cc2ccc(F)cc2F)c1. The molecule has 0 aliphatic heterocycles. The van der Waals surface area contributed by atoms with E-state index in [0.717, 1.165) is 6.07 Å².